The van der Waals surface area contributed by atoms with Crippen LogP contribution < -0.4 is 0 Å². The van der Waals surface area contributed by atoms with Crippen molar-refractivity contribution in [2.24, 2.45) is 0 Å². The zero-order valence-corrected chi connectivity index (χ0v) is 11.2. The molecule has 0 saturated carbocycles. The van der Waals surface area contributed by atoms with Crippen molar-refractivity contribution in [2.75, 3.05) is 13.1 Å². The summed E-state index contributed by atoms with van der Waals surface area (Å²) in [6, 6.07) is 2.42. The number of benzene rings is 1. The normalized spacial score (nSPS) is 10.3. The first-order chi connectivity index (χ1) is 7.52. The van der Waals surface area contributed by atoms with Gasteiger partial charge in [-0.25, -0.2) is 8.78 Å². The van der Waals surface area contributed by atoms with E-state index >= 15 is 0 Å². The Balaban J connectivity index is 3.22. The van der Waals surface area contributed by atoms with E-state index < -0.39 is 23.1 Å². The molecule has 2 nitrogen and oxygen atoms in total. The Hall–Kier alpha value is -0.720. The number of carbonyl (C=O) groups excluding carboxylic acids is 1. The Bertz CT molecular complexity index is 405. The van der Waals surface area contributed by atoms with Crippen LogP contribution >= 0.6 is 22.6 Å². The van der Waals surface area contributed by atoms with E-state index in [4.69, 9.17) is 0 Å². The van der Waals surface area contributed by atoms with Crippen molar-refractivity contribution < 1.29 is 13.6 Å². The highest BCUT2D eigenvalue weighted by Gasteiger charge is 2.22. The smallest absolute Gasteiger partial charge is 0.259 e. The van der Waals surface area contributed by atoms with E-state index in [-0.39, 0.29) is 3.57 Å². The number of rotatable bonds is 3. The van der Waals surface area contributed by atoms with Crippen LogP contribution in [-0.2, 0) is 0 Å². The second-order valence-corrected chi connectivity index (χ2v) is 4.36. The van der Waals surface area contributed by atoms with E-state index in [1.54, 1.807) is 36.4 Å². The molecule has 0 aromatic heterocycles. The Morgan fingerprint density at radius 3 is 2.38 bits per heavy atom. The summed E-state index contributed by atoms with van der Waals surface area (Å²) in [4.78, 5) is 13.2. The van der Waals surface area contributed by atoms with Gasteiger partial charge < -0.3 is 4.90 Å². The Morgan fingerprint density at radius 1 is 1.31 bits per heavy atom. The molecular formula is C11H12F2INO. The average Bonchev–Trinajstić information content (AvgIpc) is 2.26. The van der Waals surface area contributed by atoms with Crippen molar-refractivity contribution >= 4 is 28.5 Å². The maximum absolute atomic E-state index is 13.7. The number of nitrogens with zero attached hydrogens (tertiary/aromatic N) is 1. The van der Waals surface area contributed by atoms with Crippen molar-refractivity contribution in [1.82, 2.24) is 4.90 Å². The number of carbonyl (C=O) groups is 1. The summed E-state index contributed by atoms with van der Waals surface area (Å²) in [6.07, 6.45) is 0. The van der Waals surface area contributed by atoms with E-state index in [1.165, 1.54) is 11.0 Å². The van der Waals surface area contributed by atoms with Gasteiger partial charge in [0.15, 0.2) is 5.82 Å². The van der Waals surface area contributed by atoms with Gasteiger partial charge in [0.2, 0.25) is 0 Å². The lowest BCUT2D eigenvalue weighted by molar-refractivity contribution is 0.0763. The van der Waals surface area contributed by atoms with Crippen LogP contribution in [0.15, 0.2) is 12.1 Å². The van der Waals surface area contributed by atoms with Crippen molar-refractivity contribution in [1.29, 1.82) is 0 Å². The van der Waals surface area contributed by atoms with Gasteiger partial charge >= 0.3 is 0 Å². The van der Waals surface area contributed by atoms with E-state index in [9.17, 15) is 13.6 Å². The maximum atomic E-state index is 13.7. The summed E-state index contributed by atoms with van der Waals surface area (Å²) in [5.41, 5.74) is -0.462. The lowest BCUT2D eigenvalue weighted by Gasteiger charge is -2.19. The molecule has 0 heterocycles. The van der Waals surface area contributed by atoms with Gasteiger partial charge in [-0.2, -0.15) is 0 Å². The molecule has 88 valence electrons. The largest absolute Gasteiger partial charge is 0.339 e. The van der Waals surface area contributed by atoms with E-state index in [1.807, 2.05) is 0 Å². The van der Waals surface area contributed by atoms with E-state index in [0.717, 1.165) is 6.07 Å². The Labute approximate surface area is 107 Å². The molecule has 0 fully saturated rings. The number of halogens is 3. The van der Waals surface area contributed by atoms with Crippen LogP contribution in [0.3, 0.4) is 0 Å². The predicted molar refractivity (Wildman–Crippen MR) is 66.3 cm³/mol. The zero-order valence-electron chi connectivity index (χ0n) is 9.06. The van der Waals surface area contributed by atoms with Crippen molar-refractivity contribution in [3.8, 4) is 0 Å². The fourth-order valence-corrected chi connectivity index (χ4v) is 1.84. The molecule has 0 aliphatic rings. The van der Waals surface area contributed by atoms with Crippen molar-refractivity contribution in [3.05, 3.63) is 32.9 Å². The third-order valence-electron chi connectivity index (χ3n) is 2.31. The van der Waals surface area contributed by atoms with Crippen LogP contribution in [0.2, 0.25) is 0 Å². The second kappa shape index (κ2) is 5.56. The molecule has 0 saturated heterocycles. The van der Waals surface area contributed by atoms with Gasteiger partial charge in [0, 0.05) is 16.7 Å². The van der Waals surface area contributed by atoms with Crippen LogP contribution in [0, 0.1) is 15.2 Å². The topological polar surface area (TPSA) is 20.3 Å². The molecule has 1 rings (SSSR count). The highest BCUT2D eigenvalue weighted by atomic mass is 127. The van der Waals surface area contributed by atoms with Crippen molar-refractivity contribution in [2.45, 2.75) is 13.8 Å². The SMILES string of the molecule is CCN(CC)C(=O)c1c(F)ccc(I)c1F. The number of hydrogen-bond acceptors (Lipinski definition) is 1. The third-order valence-corrected chi connectivity index (χ3v) is 3.14. The van der Waals surface area contributed by atoms with Gasteiger partial charge in [0.25, 0.3) is 5.91 Å². The quantitative estimate of drug-likeness (QED) is 0.612. The van der Waals surface area contributed by atoms with E-state index in [0.29, 0.717) is 13.1 Å². The predicted octanol–water partition coefficient (Wildman–Crippen LogP) is 3.05. The summed E-state index contributed by atoms with van der Waals surface area (Å²) in [6.45, 7) is 4.40. The third kappa shape index (κ3) is 2.50. The lowest BCUT2D eigenvalue weighted by Crippen LogP contribution is -2.32. The first-order valence-electron chi connectivity index (χ1n) is 4.95. The van der Waals surface area contributed by atoms with Gasteiger partial charge in [-0.05, 0) is 48.6 Å². The lowest BCUT2D eigenvalue weighted by atomic mass is 10.1. The fourth-order valence-electron chi connectivity index (χ4n) is 1.39. The van der Waals surface area contributed by atoms with Crippen LogP contribution in [0.1, 0.15) is 24.2 Å². The first kappa shape index (κ1) is 13.3. The summed E-state index contributed by atoms with van der Waals surface area (Å²) >= 11 is 1.74. The minimum absolute atomic E-state index is 0.245. The molecule has 0 unspecified atom stereocenters. The van der Waals surface area contributed by atoms with Gasteiger partial charge in [0.1, 0.15) is 11.4 Å². The van der Waals surface area contributed by atoms with Crippen LogP contribution in [0.4, 0.5) is 8.78 Å². The fraction of sp³-hybridized carbons (Fsp3) is 0.364. The molecule has 0 atom stereocenters. The first-order valence-corrected chi connectivity index (χ1v) is 6.03. The standard InChI is InChI=1S/C11H12F2INO/c1-3-15(4-2)11(16)9-7(12)5-6-8(14)10(9)13/h5-6H,3-4H2,1-2H3. The molecular weight excluding hydrogens is 327 g/mol. The Morgan fingerprint density at radius 2 is 1.88 bits per heavy atom. The Kier molecular flexibility index (Phi) is 4.64. The molecule has 0 spiro atoms. The molecule has 0 aliphatic carbocycles. The molecule has 1 amide bonds. The molecule has 0 N–H and O–H groups in total. The van der Waals surface area contributed by atoms with Crippen LogP contribution in [-0.4, -0.2) is 23.9 Å². The summed E-state index contributed by atoms with van der Waals surface area (Å²) in [7, 11) is 0. The van der Waals surface area contributed by atoms with Crippen LogP contribution in [0.5, 0.6) is 0 Å². The average molecular weight is 339 g/mol. The molecule has 5 heteroatoms. The van der Waals surface area contributed by atoms with Crippen molar-refractivity contribution in [3.63, 3.8) is 0 Å². The van der Waals surface area contributed by atoms with Gasteiger partial charge in [-0.3, -0.25) is 4.79 Å². The monoisotopic (exact) mass is 339 g/mol. The molecule has 1 aromatic rings. The minimum atomic E-state index is -0.810. The highest BCUT2D eigenvalue weighted by molar-refractivity contribution is 14.1. The number of amides is 1. The zero-order chi connectivity index (χ0) is 12.3. The van der Waals surface area contributed by atoms with Gasteiger partial charge in [-0.1, -0.05) is 0 Å². The number of hydrogen-bond donors (Lipinski definition) is 0. The summed E-state index contributed by atoms with van der Waals surface area (Å²) in [5, 5.41) is 0. The molecule has 0 aliphatic heterocycles. The molecule has 16 heavy (non-hydrogen) atoms. The summed E-state index contributed by atoms with van der Waals surface area (Å²) < 4.78 is 27.3. The van der Waals surface area contributed by atoms with Crippen LogP contribution in [0.25, 0.3) is 0 Å². The molecule has 1 aromatic carbocycles. The van der Waals surface area contributed by atoms with Gasteiger partial charge in [-0.15, -0.1) is 0 Å². The maximum Gasteiger partial charge on any atom is 0.259 e. The molecule has 0 radical (unpaired) electrons. The second-order valence-electron chi connectivity index (χ2n) is 3.20. The highest BCUT2D eigenvalue weighted by Crippen LogP contribution is 2.20. The minimum Gasteiger partial charge on any atom is -0.339 e. The molecule has 0 bridgehead atoms. The van der Waals surface area contributed by atoms with E-state index in [2.05, 4.69) is 0 Å². The summed E-state index contributed by atoms with van der Waals surface area (Å²) in [5.74, 6) is -2.19. The van der Waals surface area contributed by atoms with Gasteiger partial charge in [0.05, 0.1) is 0 Å².